The lowest BCUT2D eigenvalue weighted by atomic mass is 10.0. The summed E-state index contributed by atoms with van der Waals surface area (Å²) < 4.78 is 1.73. The molecule has 0 saturated carbocycles. The van der Waals surface area contributed by atoms with Crippen LogP contribution in [0.1, 0.15) is 13.8 Å². The zero-order valence-corrected chi connectivity index (χ0v) is 10.6. The molecule has 1 heterocycles. The molecule has 2 rings (SSSR count). The largest absolute Gasteiger partial charge is 0.480 e. The summed E-state index contributed by atoms with van der Waals surface area (Å²) in [7, 11) is 0. The third kappa shape index (κ3) is 2.22. The van der Waals surface area contributed by atoms with Crippen molar-refractivity contribution in [1.29, 1.82) is 0 Å². The first kappa shape index (κ1) is 12.6. The average molecular weight is 247 g/mol. The minimum absolute atomic E-state index is 0.295. The van der Waals surface area contributed by atoms with Gasteiger partial charge in [0.05, 0.1) is 18.3 Å². The van der Waals surface area contributed by atoms with E-state index in [-0.39, 0.29) is 0 Å². The standard InChI is InChI=1S/C13H17N3O2/c1-3-14-13(2,12(17)18)9-16-11-7-5-4-6-10(11)8-15-16/h4-8,14H,3,9H2,1-2H3,(H,17,18). The molecule has 5 heteroatoms. The van der Waals surface area contributed by atoms with Crippen molar-refractivity contribution in [3.8, 4) is 0 Å². The van der Waals surface area contributed by atoms with Gasteiger partial charge in [-0.2, -0.15) is 5.10 Å². The molecule has 0 aliphatic rings. The van der Waals surface area contributed by atoms with Crippen LogP contribution >= 0.6 is 0 Å². The molecule has 0 radical (unpaired) electrons. The van der Waals surface area contributed by atoms with Crippen LogP contribution in [0.3, 0.4) is 0 Å². The summed E-state index contributed by atoms with van der Waals surface area (Å²) in [6.45, 7) is 4.46. The lowest BCUT2D eigenvalue weighted by Gasteiger charge is -2.25. The normalized spacial score (nSPS) is 14.6. The number of para-hydroxylation sites is 1. The molecule has 2 aromatic rings. The van der Waals surface area contributed by atoms with E-state index in [0.717, 1.165) is 10.9 Å². The molecule has 0 bridgehead atoms. The van der Waals surface area contributed by atoms with E-state index in [2.05, 4.69) is 10.4 Å². The molecule has 96 valence electrons. The Balaban J connectivity index is 2.34. The number of aliphatic carboxylic acids is 1. The highest BCUT2D eigenvalue weighted by atomic mass is 16.4. The average Bonchev–Trinajstić information content (AvgIpc) is 2.73. The maximum absolute atomic E-state index is 11.4. The number of carboxylic acids is 1. The Morgan fingerprint density at radius 3 is 2.89 bits per heavy atom. The van der Waals surface area contributed by atoms with Crippen LogP contribution in [0, 0.1) is 0 Å². The van der Waals surface area contributed by atoms with Crippen molar-refractivity contribution < 1.29 is 9.90 Å². The predicted octanol–water partition coefficient (Wildman–Crippen LogP) is 1.49. The molecule has 0 aliphatic heterocycles. The Kier molecular flexibility index (Phi) is 3.34. The summed E-state index contributed by atoms with van der Waals surface area (Å²) in [4.78, 5) is 11.4. The van der Waals surface area contributed by atoms with Gasteiger partial charge in [0.2, 0.25) is 0 Å². The van der Waals surface area contributed by atoms with Crippen LogP contribution in [0.15, 0.2) is 30.5 Å². The van der Waals surface area contributed by atoms with Crippen LogP contribution in [-0.4, -0.2) is 32.9 Å². The minimum Gasteiger partial charge on any atom is -0.480 e. The molecule has 0 amide bonds. The lowest BCUT2D eigenvalue weighted by Crippen LogP contribution is -2.52. The summed E-state index contributed by atoms with van der Waals surface area (Å²) in [6.07, 6.45) is 1.75. The van der Waals surface area contributed by atoms with Gasteiger partial charge in [0, 0.05) is 5.39 Å². The van der Waals surface area contributed by atoms with Crippen molar-refractivity contribution in [2.24, 2.45) is 0 Å². The molecule has 0 fully saturated rings. The maximum Gasteiger partial charge on any atom is 0.325 e. The van der Waals surface area contributed by atoms with Crippen molar-refractivity contribution in [3.63, 3.8) is 0 Å². The fourth-order valence-electron chi connectivity index (χ4n) is 2.04. The molecule has 2 N–H and O–H groups in total. The topological polar surface area (TPSA) is 67.2 Å². The van der Waals surface area contributed by atoms with Gasteiger partial charge in [0.25, 0.3) is 0 Å². The Morgan fingerprint density at radius 2 is 2.22 bits per heavy atom. The predicted molar refractivity (Wildman–Crippen MR) is 69.5 cm³/mol. The van der Waals surface area contributed by atoms with Crippen LogP contribution < -0.4 is 5.32 Å². The number of fused-ring (bicyclic) bond motifs is 1. The zero-order chi connectivity index (χ0) is 13.2. The number of aromatic nitrogens is 2. The van der Waals surface area contributed by atoms with Gasteiger partial charge >= 0.3 is 5.97 Å². The van der Waals surface area contributed by atoms with E-state index in [1.54, 1.807) is 17.8 Å². The van der Waals surface area contributed by atoms with Crippen molar-refractivity contribution in [3.05, 3.63) is 30.5 Å². The summed E-state index contributed by atoms with van der Waals surface area (Å²) in [5.41, 5.74) is -0.0633. The number of benzene rings is 1. The molecule has 0 spiro atoms. The van der Waals surface area contributed by atoms with Gasteiger partial charge in [-0.15, -0.1) is 0 Å². The number of nitrogens with one attached hydrogen (secondary N) is 1. The number of carbonyl (C=O) groups is 1. The Labute approximate surface area is 105 Å². The van der Waals surface area contributed by atoms with Gasteiger partial charge in [0.15, 0.2) is 0 Å². The first-order chi connectivity index (χ1) is 8.57. The highest BCUT2D eigenvalue weighted by Crippen LogP contribution is 2.16. The van der Waals surface area contributed by atoms with E-state index in [4.69, 9.17) is 0 Å². The van der Waals surface area contributed by atoms with Crippen molar-refractivity contribution in [1.82, 2.24) is 15.1 Å². The number of carboxylic acid groups (broad SMARTS) is 1. The van der Waals surface area contributed by atoms with Crippen LogP contribution in [-0.2, 0) is 11.3 Å². The van der Waals surface area contributed by atoms with Gasteiger partial charge in [-0.1, -0.05) is 25.1 Å². The number of likely N-dealkylation sites (N-methyl/N-ethyl adjacent to an activating group) is 1. The van der Waals surface area contributed by atoms with E-state index < -0.39 is 11.5 Å². The van der Waals surface area contributed by atoms with Crippen LogP contribution in [0.2, 0.25) is 0 Å². The summed E-state index contributed by atoms with van der Waals surface area (Å²) in [5, 5.41) is 17.6. The summed E-state index contributed by atoms with van der Waals surface area (Å²) in [5.74, 6) is -0.871. The number of rotatable bonds is 5. The molecule has 1 aromatic carbocycles. The van der Waals surface area contributed by atoms with Crippen LogP contribution in [0.5, 0.6) is 0 Å². The monoisotopic (exact) mass is 247 g/mol. The maximum atomic E-state index is 11.4. The third-order valence-electron chi connectivity index (χ3n) is 3.06. The molecule has 0 saturated heterocycles. The molecule has 1 aromatic heterocycles. The first-order valence-electron chi connectivity index (χ1n) is 5.96. The molecule has 18 heavy (non-hydrogen) atoms. The second-order valence-electron chi connectivity index (χ2n) is 4.53. The minimum atomic E-state index is -1.01. The van der Waals surface area contributed by atoms with Gasteiger partial charge in [-0.3, -0.25) is 9.48 Å². The van der Waals surface area contributed by atoms with Crippen molar-refractivity contribution >= 4 is 16.9 Å². The zero-order valence-electron chi connectivity index (χ0n) is 10.6. The Morgan fingerprint density at radius 1 is 1.50 bits per heavy atom. The molecule has 1 atom stereocenters. The SMILES string of the molecule is CCNC(C)(Cn1ncc2ccccc21)C(=O)O. The second kappa shape index (κ2) is 4.78. The fraction of sp³-hybridized carbons (Fsp3) is 0.385. The molecular formula is C13H17N3O2. The molecule has 0 aliphatic carbocycles. The lowest BCUT2D eigenvalue weighted by molar-refractivity contribution is -0.144. The van der Waals surface area contributed by atoms with Gasteiger partial charge in [0.1, 0.15) is 5.54 Å². The second-order valence-corrected chi connectivity index (χ2v) is 4.53. The fourth-order valence-corrected chi connectivity index (χ4v) is 2.04. The van der Waals surface area contributed by atoms with Gasteiger partial charge < -0.3 is 10.4 Å². The molecular weight excluding hydrogens is 230 g/mol. The highest BCUT2D eigenvalue weighted by Gasteiger charge is 2.33. The summed E-state index contributed by atoms with van der Waals surface area (Å²) >= 11 is 0. The summed E-state index contributed by atoms with van der Waals surface area (Å²) in [6, 6.07) is 7.77. The highest BCUT2D eigenvalue weighted by molar-refractivity contribution is 5.80. The number of hydrogen-bond acceptors (Lipinski definition) is 3. The smallest absolute Gasteiger partial charge is 0.325 e. The van der Waals surface area contributed by atoms with Crippen molar-refractivity contribution in [2.45, 2.75) is 25.9 Å². The quantitative estimate of drug-likeness (QED) is 0.840. The van der Waals surface area contributed by atoms with E-state index in [0.29, 0.717) is 13.1 Å². The van der Waals surface area contributed by atoms with E-state index in [1.807, 2.05) is 31.2 Å². The third-order valence-corrected chi connectivity index (χ3v) is 3.06. The van der Waals surface area contributed by atoms with Crippen LogP contribution in [0.25, 0.3) is 10.9 Å². The van der Waals surface area contributed by atoms with Gasteiger partial charge in [-0.25, -0.2) is 0 Å². The number of hydrogen-bond donors (Lipinski definition) is 2. The van der Waals surface area contributed by atoms with Crippen LogP contribution in [0.4, 0.5) is 0 Å². The molecule has 1 unspecified atom stereocenters. The Bertz CT molecular complexity index is 564. The van der Waals surface area contributed by atoms with E-state index in [1.165, 1.54) is 0 Å². The first-order valence-corrected chi connectivity index (χ1v) is 5.96. The van der Waals surface area contributed by atoms with Crippen molar-refractivity contribution in [2.75, 3.05) is 6.54 Å². The number of nitrogens with zero attached hydrogens (tertiary/aromatic N) is 2. The molecule has 5 nitrogen and oxygen atoms in total. The van der Waals surface area contributed by atoms with Gasteiger partial charge in [-0.05, 0) is 19.5 Å². The van der Waals surface area contributed by atoms with E-state index in [9.17, 15) is 9.90 Å². The van der Waals surface area contributed by atoms with E-state index >= 15 is 0 Å². The Hall–Kier alpha value is -1.88.